The van der Waals surface area contributed by atoms with Crippen molar-refractivity contribution in [2.75, 3.05) is 19.0 Å². The maximum atomic E-state index is 12.7. The van der Waals surface area contributed by atoms with Crippen LogP contribution in [0.5, 0.6) is 0 Å². The number of halogens is 6. The molecular formula is C10H9F6N. The van der Waals surface area contributed by atoms with Gasteiger partial charge < -0.3 is 4.90 Å². The average molecular weight is 257 g/mol. The van der Waals surface area contributed by atoms with Crippen molar-refractivity contribution in [3.8, 4) is 0 Å². The molecule has 0 aromatic heterocycles. The first-order chi connectivity index (χ1) is 7.55. The zero-order chi connectivity index (χ0) is 13.4. The maximum Gasteiger partial charge on any atom is 0.418 e. The van der Waals surface area contributed by atoms with Gasteiger partial charge in [-0.15, -0.1) is 0 Å². The van der Waals surface area contributed by atoms with E-state index in [1.165, 1.54) is 14.1 Å². The quantitative estimate of drug-likeness (QED) is 0.692. The highest BCUT2D eigenvalue weighted by Gasteiger charge is 2.45. The normalized spacial score (nSPS) is 12.7. The molecule has 0 atom stereocenters. The Morgan fingerprint density at radius 1 is 0.882 bits per heavy atom. The lowest BCUT2D eigenvalue weighted by molar-refractivity contribution is -0.161. The predicted octanol–water partition coefficient (Wildman–Crippen LogP) is 3.79. The molecule has 0 saturated carbocycles. The maximum absolute atomic E-state index is 12.7. The van der Waals surface area contributed by atoms with Crippen molar-refractivity contribution < 1.29 is 26.3 Å². The molecular weight excluding hydrogens is 248 g/mol. The van der Waals surface area contributed by atoms with E-state index in [1.54, 1.807) is 0 Å². The van der Waals surface area contributed by atoms with Crippen LogP contribution in [0.3, 0.4) is 0 Å². The van der Waals surface area contributed by atoms with Crippen LogP contribution < -0.4 is 4.90 Å². The van der Waals surface area contributed by atoms with E-state index in [0.29, 0.717) is 6.07 Å². The van der Waals surface area contributed by atoms with E-state index in [4.69, 9.17) is 0 Å². The molecule has 1 rings (SSSR count). The van der Waals surface area contributed by atoms with Crippen molar-refractivity contribution in [3.05, 3.63) is 29.3 Å². The van der Waals surface area contributed by atoms with Crippen molar-refractivity contribution >= 4 is 5.69 Å². The third kappa shape index (κ3) is 2.83. The summed E-state index contributed by atoms with van der Waals surface area (Å²) in [7, 11) is 2.51. The summed E-state index contributed by atoms with van der Waals surface area (Å²) >= 11 is 0. The fourth-order valence-electron chi connectivity index (χ4n) is 1.45. The fraction of sp³-hybridized carbons (Fsp3) is 0.400. The fourth-order valence-corrected chi connectivity index (χ4v) is 1.45. The van der Waals surface area contributed by atoms with Gasteiger partial charge >= 0.3 is 12.4 Å². The van der Waals surface area contributed by atoms with Gasteiger partial charge in [0.25, 0.3) is 0 Å². The van der Waals surface area contributed by atoms with Crippen LogP contribution in [0.25, 0.3) is 0 Å². The van der Waals surface area contributed by atoms with Crippen LogP contribution in [0.15, 0.2) is 18.2 Å². The van der Waals surface area contributed by atoms with Crippen molar-refractivity contribution in [2.45, 2.75) is 12.4 Å². The summed E-state index contributed by atoms with van der Waals surface area (Å²) in [4.78, 5) is 0.998. The van der Waals surface area contributed by atoms with Crippen molar-refractivity contribution in [2.24, 2.45) is 0 Å². The SMILES string of the molecule is CN(C)c1cccc(C(F)(F)F)c1C(F)(F)F. The Labute approximate surface area is 93.6 Å². The summed E-state index contributed by atoms with van der Waals surface area (Å²) in [5.41, 5.74) is -3.83. The minimum absolute atomic E-state index is 0.426. The number of nitrogens with zero attached hydrogens (tertiary/aromatic N) is 1. The van der Waals surface area contributed by atoms with E-state index in [1.807, 2.05) is 0 Å². The van der Waals surface area contributed by atoms with Gasteiger partial charge in [-0.3, -0.25) is 0 Å². The van der Waals surface area contributed by atoms with Crippen LogP contribution in [0.4, 0.5) is 32.0 Å². The van der Waals surface area contributed by atoms with Gasteiger partial charge in [0.1, 0.15) is 0 Å². The number of rotatable bonds is 1. The molecule has 0 spiro atoms. The molecule has 96 valence electrons. The highest BCUT2D eigenvalue weighted by Crippen LogP contribution is 2.44. The first-order valence-electron chi connectivity index (χ1n) is 4.50. The minimum atomic E-state index is -5.05. The van der Waals surface area contributed by atoms with E-state index in [0.717, 1.165) is 17.0 Å². The van der Waals surface area contributed by atoms with Crippen LogP contribution in [-0.4, -0.2) is 14.1 Å². The number of hydrogen-bond donors (Lipinski definition) is 0. The van der Waals surface area contributed by atoms with Gasteiger partial charge in [0, 0.05) is 19.8 Å². The summed E-state index contributed by atoms with van der Waals surface area (Å²) < 4.78 is 75.5. The summed E-state index contributed by atoms with van der Waals surface area (Å²) in [5, 5.41) is 0. The van der Waals surface area contributed by atoms with Gasteiger partial charge in [-0.1, -0.05) is 6.07 Å². The Balaban J connectivity index is 3.58. The molecule has 0 fully saturated rings. The first-order valence-corrected chi connectivity index (χ1v) is 4.50. The van der Waals surface area contributed by atoms with E-state index in [-0.39, 0.29) is 0 Å². The molecule has 0 aliphatic heterocycles. The second-order valence-electron chi connectivity index (χ2n) is 3.59. The molecule has 0 unspecified atom stereocenters. The minimum Gasteiger partial charge on any atom is -0.377 e. The highest BCUT2D eigenvalue weighted by molar-refractivity contribution is 5.58. The molecule has 0 amide bonds. The van der Waals surface area contributed by atoms with Crippen LogP contribution in [0.2, 0.25) is 0 Å². The number of hydrogen-bond acceptors (Lipinski definition) is 1. The molecule has 17 heavy (non-hydrogen) atoms. The smallest absolute Gasteiger partial charge is 0.377 e. The molecule has 0 aliphatic rings. The van der Waals surface area contributed by atoms with E-state index >= 15 is 0 Å². The Morgan fingerprint density at radius 3 is 1.76 bits per heavy atom. The predicted molar refractivity (Wildman–Crippen MR) is 50.8 cm³/mol. The van der Waals surface area contributed by atoms with Gasteiger partial charge in [0.15, 0.2) is 0 Å². The molecule has 0 radical (unpaired) electrons. The Bertz CT molecular complexity index is 404. The Hall–Kier alpha value is -1.40. The topological polar surface area (TPSA) is 3.24 Å². The van der Waals surface area contributed by atoms with E-state index in [9.17, 15) is 26.3 Å². The molecule has 0 bridgehead atoms. The average Bonchev–Trinajstić information content (AvgIpc) is 2.13. The standard InChI is InChI=1S/C10H9F6N/c1-17(2)7-5-3-4-6(9(11,12)13)8(7)10(14,15)16/h3-5H,1-2H3. The van der Waals surface area contributed by atoms with Crippen LogP contribution >= 0.6 is 0 Å². The zero-order valence-corrected chi connectivity index (χ0v) is 8.95. The van der Waals surface area contributed by atoms with Gasteiger partial charge in [-0.2, -0.15) is 26.3 Å². The van der Waals surface area contributed by atoms with Gasteiger partial charge in [-0.05, 0) is 12.1 Å². The lowest BCUT2D eigenvalue weighted by Gasteiger charge is -2.23. The largest absolute Gasteiger partial charge is 0.418 e. The number of anilines is 1. The third-order valence-corrected chi connectivity index (χ3v) is 2.11. The number of benzene rings is 1. The van der Waals surface area contributed by atoms with Gasteiger partial charge in [-0.25, -0.2) is 0 Å². The lowest BCUT2D eigenvalue weighted by Crippen LogP contribution is -2.22. The van der Waals surface area contributed by atoms with Crippen molar-refractivity contribution in [3.63, 3.8) is 0 Å². The molecule has 7 heteroatoms. The van der Waals surface area contributed by atoms with Crippen molar-refractivity contribution in [1.29, 1.82) is 0 Å². The highest BCUT2D eigenvalue weighted by atomic mass is 19.4. The summed E-state index contributed by atoms with van der Waals surface area (Å²) in [6, 6.07) is 2.38. The Kier molecular flexibility index (Phi) is 3.31. The van der Waals surface area contributed by atoms with Crippen molar-refractivity contribution in [1.82, 2.24) is 0 Å². The second-order valence-corrected chi connectivity index (χ2v) is 3.59. The lowest BCUT2D eigenvalue weighted by atomic mass is 10.0. The first kappa shape index (κ1) is 13.7. The molecule has 0 aliphatic carbocycles. The molecule has 1 aromatic rings. The molecule has 0 heterocycles. The van der Waals surface area contributed by atoms with Gasteiger partial charge in [0.05, 0.1) is 11.1 Å². The summed E-state index contributed by atoms with van der Waals surface area (Å²) in [6.07, 6.45) is -10.1. The van der Waals surface area contributed by atoms with E-state index in [2.05, 4.69) is 0 Å². The van der Waals surface area contributed by atoms with Gasteiger partial charge in [0.2, 0.25) is 0 Å². The summed E-state index contributed by atoms with van der Waals surface area (Å²) in [6.45, 7) is 0. The van der Waals surface area contributed by atoms with Crippen LogP contribution in [0.1, 0.15) is 11.1 Å². The molecule has 0 N–H and O–H groups in total. The van der Waals surface area contributed by atoms with Crippen LogP contribution in [-0.2, 0) is 12.4 Å². The van der Waals surface area contributed by atoms with E-state index < -0.39 is 29.2 Å². The number of alkyl halides is 6. The molecule has 0 saturated heterocycles. The monoisotopic (exact) mass is 257 g/mol. The molecule has 1 aromatic carbocycles. The second kappa shape index (κ2) is 4.12. The third-order valence-electron chi connectivity index (χ3n) is 2.11. The molecule has 1 nitrogen and oxygen atoms in total. The Morgan fingerprint density at radius 2 is 1.41 bits per heavy atom. The zero-order valence-electron chi connectivity index (χ0n) is 8.95. The summed E-state index contributed by atoms with van der Waals surface area (Å²) in [5.74, 6) is 0. The van der Waals surface area contributed by atoms with Crippen LogP contribution in [0, 0.1) is 0 Å².